The lowest BCUT2D eigenvalue weighted by molar-refractivity contribution is -0.119. The summed E-state index contributed by atoms with van der Waals surface area (Å²) in [6.07, 6.45) is 1.33. The molecule has 8 heteroatoms. The molecule has 0 saturated heterocycles. The van der Waals surface area contributed by atoms with Crippen LogP contribution in [0.25, 0.3) is 0 Å². The van der Waals surface area contributed by atoms with Gasteiger partial charge >= 0.3 is 0 Å². The first-order chi connectivity index (χ1) is 10.6. The maximum absolute atomic E-state index is 13.8. The number of halogens is 1. The molecule has 0 bridgehead atoms. The van der Waals surface area contributed by atoms with Gasteiger partial charge in [0.15, 0.2) is 5.17 Å². The maximum Gasteiger partial charge on any atom is 0.264 e. The zero-order valence-corrected chi connectivity index (χ0v) is 14.8. The molecule has 0 radical (unpaired) electrons. The number of hydrogen-bond acceptors (Lipinski definition) is 5. The number of amides is 1. The van der Waals surface area contributed by atoms with Crippen molar-refractivity contribution in [1.29, 1.82) is 0 Å². The third kappa shape index (κ3) is 4.54. The van der Waals surface area contributed by atoms with Crippen LogP contribution < -0.4 is 5.32 Å². The van der Waals surface area contributed by atoms with Crippen LogP contribution in [0.15, 0.2) is 29.3 Å². The predicted molar refractivity (Wildman–Crippen MR) is 90.7 cm³/mol. The highest BCUT2D eigenvalue weighted by Crippen LogP contribution is 2.37. The second-order valence-corrected chi connectivity index (χ2v) is 9.57. The minimum absolute atomic E-state index is 0.0755. The molecule has 5 nitrogen and oxygen atoms in total. The molecule has 1 aromatic rings. The molecule has 2 atom stereocenters. The van der Waals surface area contributed by atoms with Gasteiger partial charge in [0.05, 0.1) is 11.8 Å². The van der Waals surface area contributed by atoms with E-state index in [4.69, 9.17) is 0 Å². The number of carbonyl (C=O) groups excluding carboxylic acids is 1. The van der Waals surface area contributed by atoms with Crippen LogP contribution in [0.1, 0.15) is 31.9 Å². The second-order valence-electron chi connectivity index (χ2n) is 5.82. The number of aliphatic imine (C=N–C) groups is 1. The summed E-state index contributed by atoms with van der Waals surface area (Å²) in [5.74, 6) is -0.773. The molecule has 0 aromatic heterocycles. The Kier molecular flexibility index (Phi) is 5.15. The summed E-state index contributed by atoms with van der Waals surface area (Å²) in [5.41, 5.74) is 0.480. The first-order valence-corrected chi connectivity index (χ1v) is 9.99. The fraction of sp³-hybridized carbons (Fsp3) is 0.467. The quantitative estimate of drug-likeness (QED) is 0.874. The van der Waals surface area contributed by atoms with Gasteiger partial charge in [0.2, 0.25) is 0 Å². The van der Waals surface area contributed by atoms with Gasteiger partial charge in [0, 0.05) is 11.8 Å². The SMILES string of the molecule is C[C@H](NC1=NC(=O)C(C)(CCS(C)(=O)=O)S1)c1ccccc1F. The molecule has 1 heterocycles. The first kappa shape index (κ1) is 17.9. The van der Waals surface area contributed by atoms with E-state index in [2.05, 4.69) is 10.3 Å². The molecule has 1 unspecified atom stereocenters. The Balaban J connectivity index is 2.05. The van der Waals surface area contributed by atoms with Crippen LogP contribution >= 0.6 is 11.8 Å². The number of hydrogen-bond donors (Lipinski definition) is 1. The standard InChI is InChI=1S/C15H19FN2O3S2/c1-10(11-6-4-5-7-12(11)16)17-14-18-13(19)15(2,22-14)8-9-23(3,20)21/h4-7,10H,8-9H2,1-3H3,(H,17,18,19)/t10-,15?/m0/s1. The van der Waals surface area contributed by atoms with E-state index in [1.54, 1.807) is 32.0 Å². The molecule has 0 spiro atoms. The van der Waals surface area contributed by atoms with Gasteiger partial charge in [-0.3, -0.25) is 4.79 Å². The fourth-order valence-corrected chi connectivity index (χ4v) is 4.22. The van der Waals surface area contributed by atoms with Crippen molar-refractivity contribution < 1.29 is 17.6 Å². The van der Waals surface area contributed by atoms with Crippen LogP contribution in [-0.4, -0.2) is 36.2 Å². The van der Waals surface area contributed by atoms with E-state index in [9.17, 15) is 17.6 Å². The third-order valence-corrected chi connectivity index (χ3v) is 5.82. The molecule has 0 saturated carbocycles. The minimum Gasteiger partial charge on any atom is -0.358 e. The van der Waals surface area contributed by atoms with Crippen molar-refractivity contribution >= 4 is 32.7 Å². The van der Waals surface area contributed by atoms with Crippen LogP contribution in [0.2, 0.25) is 0 Å². The highest BCUT2D eigenvalue weighted by Gasteiger charge is 2.41. The third-order valence-electron chi connectivity index (χ3n) is 3.64. The van der Waals surface area contributed by atoms with Crippen molar-refractivity contribution in [1.82, 2.24) is 5.32 Å². The van der Waals surface area contributed by atoms with Crippen molar-refractivity contribution in [3.05, 3.63) is 35.6 Å². The van der Waals surface area contributed by atoms with E-state index < -0.39 is 14.6 Å². The van der Waals surface area contributed by atoms with E-state index >= 15 is 0 Å². The molecule has 126 valence electrons. The Morgan fingerprint density at radius 3 is 2.65 bits per heavy atom. The molecule has 1 aliphatic rings. The van der Waals surface area contributed by atoms with Crippen molar-refractivity contribution in [2.45, 2.75) is 31.1 Å². The fourth-order valence-electron chi connectivity index (χ4n) is 2.18. The van der Waals surface area contributed by atoms with Gasteiger partial charge in [-0.25, -0.2) is 12.8 Å². The monoisotopic (exact) mass is 358 g/mol. The van der Waals surface area contributed by atoms with Gasteiger partial charge in [-0.15, -0.1) is 0 Å². The Bertz CT molecular complexity index is 749. The normalized spacial score (nSPS) is 22.8. The van der Waals surface area contributed by atoms with Gasteiger partial charge in [-0.05, 0) is 26.3 Å². The molecule has 0 aliphatic carbocycles. The summed E-state index contributed by atoms with van der Waals surface area (Å²) in [4.78, 5) is 16.0. The van der Waals surface area contributed by atoms with Gasteiger partial charge in [-0.2, -0.15) is 4.99 Å². The molecular formula is C15H19FN2O3S2. The largest absolute Gasteiger partial charge is 0.358 e. The van der Waals surface area contributed by atoms with E-state index in [-0.39, 0.29) is 29.9 Å². The van der Waals surface area contributed by atoms with Gasteiger partial charge < -0.3 is 5.32 Å². The molecule has 1 aliphatic heterocycles. The van der Waals surface area contributed by atoms with E-state index in [0.29, 0.717) is 10.7 Å². The number of thioether (sulfide) groups is 1. The van der Waals surface area contributed by atoms with E-state index in [1.807, 2.05) is 0 Å². The lowest BCUT2D eigenvalue weighted by Crippen LogP contribution is -2.31. The average molecular weight is 358 g/mol. The Labute approximate surface area is 139 Å². The second kappa shape index (κ2) is 6.60. The van der Waals surface area contributed by atoms with E-state index in [1.165, 1.54) is 17.8 Å². The lowest BCUT2D eigenvalue weighted by atomic mass is 10.1. The van der Waals surface area contributed by atoms with Crippen molar-refractivity contribution in [3.8, 4) is 0 Å². The summed E-state index contributed by atoms with van der Waals surface area (Å²) in [6.45, 7) is 3.45. The molecule has 2 rings (SSSR count). The van der Waals surface area contributed by atoms with Gasteiger partial charge in [-0.1, -0.05) is 30.0 Å². The van der Waals surface area contributed by atoms with Crippen LogP contribution in [0.4, 0.5) is 4.39 Å². The smallest absolute Gasteiger partial charge is 0.264 e. The van der Waals surface area contributed by atoms with Crippen molar-refractivity contribution in [2.24, 2.45) is 4.99 Å². The van der Waals surface area contributed by atoms with Crippen LogP contribution in [-0.2, 0) is 14.6 Å². The lowest BCUT2D eigenvalue weighted by Gasteiger charge is -2.20. The molecule has 1 N–H and O–H groups in total. The van der Waals surface area contributed by atoms with Crippen LogP contribution in [0, 0.1) is 5.82 Å². The topological polar surface area (TPSA) is 75.6 Å². The van der Waals surface area contributed by atoms with Gasteiger partial charge in [0.25, 0.3) is 5.91 Å². The number of nitrogens with one attached hydrogen (secondary N) is 1. The zero-order valence-electron chi connectivity index (χ0n) is 13.2. The highest BCUT2D eigenvalue weighted by atomic mass is 32.2. The number of carbonyl (C=O) groups is 1. The zero-order chi connectivity index (χ0) is 17.3. The van der Waals surface area contributed by atoms with Crippen LogP contribution in [0.3, 0.4) is 0 Å². The average Bonchev–Trinajstić information content (AvgIpc) is 2.71. The van der Waals surface area contributed by atoms with Crippen LogP contribution in [0.5, 0.6) is 0 Å². The Morgan fingerprint density at radius 1 is 1.39 bits per heavy atom. The first-order valence-electron chi connectivity index (χ1n) is 7.11. The molecule has 0 fully saturated rings. The summed E-state index contributed by atoms with van der Waals surface area (Å²) < 4.78 is 35.5. The summed E-state index contributed by atoms with van der Waals surface area (Å²) >= 11 is 1.19. The number of amidine groups is 1. The number of benzene rings is 1. The van der Waals surface area contributed by atoms with Crippen molar-refractivity contribution in [3.63, 3.8) is 0 Å². The molecular weight excluding hydrogens is 339 g/mol. The highest BCUT2D eigenvalue weighted by molar-refractivity contribution is 8.16. The summed E-state index contributed by atoms with van der Waals surface area (Å²) in [5, 5.41) is 3.41. The maximum atomic E-state index is 13.8. The minimum atomic E-state index is -3.15. The summed E-state index contributed by atoms with van der Waals surface area (Å²) in [6, 6.07) is 6.03. The summed E-state index contributed by atoms with van der Waals surface area (Å²) in [7, 11) is -3.15. The predicted octanol–water partition coefficient (Wildman–Crippen LogP) is 2.30. The number of sulfone groups is 1. The molecule has 1 amide bonds. The van der Waals surface area contributed by atoms with E-state index in [0.717, 1.165) is 6.26 Å². The molecule has 23 heavy (non-hydrogen) atoms. The number of rotatable bonds is 5. The van der Waals surface area contributed by atoms with Gasteiger partial charge in [0.1, 0.15) is 20.4 Å². The molecule has 1 aromatic carbocycles. The Hall–Kier alpha value is -1.41. The number of nitrogens with zero attached hydrogens (tertiary/aromatic N) is 1. The van der Waals surface area contributed by atoms with Crippen molar-refractivity contribution in [2.75, 3.05) is 12.0 Å². The Morgan fingerprint density at radius 2 is 2.04 bits per heavy atom.